The standard InChI is InChI=1S/C15H21NO3/c1-11-4-6-12(7-5-11)13(18)14(19)16-10-15(2,3)8-9-17/h4-7,17H,8-10H2,1-3H3,(H,16,19). The third kappa shape index (κ3) is 4.83. The lowest BCUT2D eigenvalue weighted by Gasteiger charge is -2.23. The van der Waals surface area contributed by atoms with Gasteiger partial charge in [-0.05, 0) is 18.8 Å². The first-order valence-corrected chi connectivity index (χ1v) is 6.36. The lowest BCUT2D eigenvalue weighted by atomic mass is 9.89. The molecule has 0 spiro atoms. The number of amides is 1. The van der Waals surface area contributed by atoms with E-state index in [0.717, 1.165) is 5.56 Å². The first-order chi connectivity index (χ1) is 8.85. The number of benzene rings is 1. The van der Waals surface area contributed by atoms with Gasteiger partial charge in [0.25, 0.3) is 5.91 Å². The zero-order valence-corrected chi connectivity index (χ0v) is 11.7. The molecule has 0 unspecified atom stereocenters. The van der Waals surface area contributed by atoms with Gasteiger partial charge in [0.15, 0.2) is 0 Å². The van der Waals surface area contributed by atoms with Crippen molar-refractivity contribution in [1.82, 2.24) is 5.32 Å². The molecule has 4 heteroatoms. The van der Waals surface area contributed by atoms with Gasteiger partial charge in [-0.2, -0.15) is 0 Å². The van der Waals surface area contributed by atoms with Gasteiger partial charge in [0.05, 0.1) is 0 Å². The number of hydrogen-bond donors (Lipinski definition) is 2. The third-order valence-corrected chi connectivity index (χ3v) is 3.04. The van der Waals surface area contributed by atoms with Gasteiger partial charge in [-0.25, -0.2) is 0 Å². The average molecular weight is 263 g/mol. The first kappa shape index (κ1) is 15.4. The molecular formula is C15H21NO3. The summed E-state index contributed by atoms with van der Waals surface area (Å²) in [4.78, 5) is 23.6. The summed E-state index contributed by atoms with van der Waals surface area (Å²) in [5, 5.41) is 11.5. The predicted molar refractivity (Wildman–Crippen MR) is 74.0 cm³/mol. The topological polar surface area (TPSA) is 66.4 Å². The molecule has 2 N–H and O–H groups in total. The SMILES string of the molecule is Cc1ccc(C(=O)C(=O)NCC(C)(C)CCO)cc1. The maximum Gasteiger partial charge on any atom is 0.292 e. The van der Waals surface area contributed by atoms with Crippen molar-refractivity contribution in [2.45, 2.75) is 27.2 Å². The van der Waals surface area contributed by atoms with Crippen LogP contribution in [0.2, 0.25) is 0 Å². The Labute approximate surface area is 113 Å². The Bertz CT molecular complexity index is 449. The average Bonchev–Trinajstić information content (AvgIpc) is 2.36. The highest BCUT2D eigenvalue weighted by Crippen LogP contribution is 2.18. The number of carbonyl (C=O) groups excluding carboxylic acids is 2. The summed E-state index contributed by atoms with van der Waals surface area (Å²) in [5.41, 5.74) is 1.21. The zero-order valence-electron chi connectivity index (χ0n) is 11.7. The Hall–Kier alpha value is -1.68. The van der Waals surface area contributed by atoms with E-state index in [1.165, 1.54) is 0 Å². The summed E-state index contributed by atoms with van der Waals surface area (Å²) in [6, 6.07) is 6.90. The van der Waals surface area contributed by atoms with Crippen LogP contribution in [0.5, 0.6) is 0 Å². The second-order valence-corrected chi connectivity index (χ2v) is 5.52. The molecule has 1 aromatic rings. The molecule has 0 radical (unpaired) electrons. The fourth-order valence-electron chi connectivity index (χ4n) is 1.63. The van der Waals surface area contributed by atoms with Crippen LogP contribution in [-0.2, 0) is 4.79 Å². The van der Waals surface area contributed by atoms with E-state index in [4.69, 9.17) is 5.11 Å². The molecule has 0 aromatic heterocycles. The molecule has 1 rings (SSSR count). The molecule has 0 aliphatic heterocycles. The monoisotopic (exact) mass is 263 g/mol. The minimum atomic E-state index is -0.602. The van der Waals surface area contributed by atoms with Gasteiger partial charge in [0.2, 0.25) is 5.78 Å². The maximum absolute atomic E-state index is 11.9. The van der Waals surface area contributed by atoms with Gasteiger partial charge in [0, 0.05) is 18.7 Å². The van der Waals surface area contributed by atoms with E-state index in [1.807, 2.05) is 20.8 Å². The lowest BCUT2D eigenvalue weighted by molar-refractivity contribution is -0.117. The molecule has 4 nitrogen and oxygen atoms in total. The van der Waals surface area contributed by atoms with E-state index < -0.39 is 11.7 Å². The molecule has 104 valence electrons. The van der Waals surface area contributed by atoms with E-state index in [-0.39, 0.29) is 12.0 Å². The second kappa shape index (κ2) is 6.48. The molecule has 0 bridgehead atoms. The van der Waals surface area contributed by atoms with Crippen LogP contribution in [0.25, 0.3) is 0 Å². The zero-order chi connectivity index (χ0) is 14.5. The van der Waals surface area contributed by atoms with Gasteiger partial charge < -0.3 is 10.4 Å². The number of hydrogen-bond acceptors (Lipinski definition) is 3. The molecule has 1 aromatic carbocycles. The predicted octanol–water partition coefficient (Wildman–Crippen LogP) is 1.70. The summed E-state index contributed by atoms with van der Waals surface area (Å²) < 4.78 is 0. The van der Waals surface area contributed by atoms with E-state index in [0.29, 0.717) is 18.5 Å². The summed E-state index contributed by atoms with van der Waals surface area (Å²) in [6.45, 7) is 6.21. The summed E-state index contributed by atoms with van der Waals surface area (Å²) >= 11 is 0. The van der Waals surface area contributed by atoms with Crippen LogP contribution in [0.3, 0.4) is 0 Å². The minimum Gasteiger partial charge on any atom is -0.396 e. The Kier molecular flexibility index (Phi) is 5.24. The second-order valence-electron chi connectivity index (χ2n) is 5.52. The largest absolute Gasteiger partial charge is 0.396 e. The number of ketones is 1. The fraction of sp³-hybridized carbons (Fsp3) is 0.467. The summed E-state index contributed by atoms with van der Waals surface area (Å²) in [5.74, 6) is -1.13. The van der Waals surface area contributed by atoms with E-state index in [9.17, 15) is 9.59 Å². The first-order valence-electron chi connectivity index (χ1n) is 6.36. The highest BCUT2D eigenvalue weighted by molar-refractivity contribution is 6.42. The van der Waals surface area contributed by atoms with Crippen LogP contribution in [-0.4, -0.2) is 29.9 Å². The van der Waals surface area contributed by atoms with Crippen LogP contribution in [0.1, 0.15) is 36.2 Å². The molecular weight excluding hydrogens is 242 g/mol. The summed E-state index contributed by atoms with van der Waals surface area (Å²) in [6.07, 6.45) is 0.575. The van der Waals surface area contributed by atoms with Crippen molar-refractivity contribution < 1.29 is 14.7 Å². The number of rotatable bonds is 6. The molecule has 1 amide bonds. The van der Waals surface area contributed by atoms with Crippen molar-refractivity contribution in [2.75, 3.05) is 13.2 Å². The van der Waals surface area contributed by atoms with Crippen molar-refractivity contribution in [3.05, 3.63) is 35.4 Å². The number of nitrogens with one attached hydrogen (secondary N) is 1. The number of carbonyl (C=O) groups is 2. The van der Waals surface area contributed by atoms with E-state index in [2.05, 4.69) is 5.32 Å². The van der Waals surface area contributed by atoms with Crippen LogP contribution in [0.4, 0.5) is 0 Å². The maximum atomic E-state index is 11.9. The van der Waals surface area contributed by atoms with Crippen molar-refractivity contribution in [3.63, 3.8) is 0 Å². The van der Waals surface area contributed by atoms with Crippen molar-refractivity contribution in [3.8, 4) is 0 Å². The van der Waals surface area contributed by atoms with Crippen molar-refractivity contribution in [2.24, 2.45) is 5.41 Å². The van der Waals surface area contributed by atoms with Crippen LogP contribution in [0, 0.1) is 12.3 Å². The van der Waals surface area contributed by atoms with E-state index >= 15 is 0 Å². The highest BCUT2D eigenvalue weighted by atomic mass is 16.3. The third-order valence-electron chi connectivity index (χ3n) is 3.04. The molecule has 0 saturated heterocycles. The number of Topliss-reactive ketones (excluding diaryl/α,β-unsaturated/α-hetero) is 1. The van der Waals surface area contributed by atoms with Crippen molar-refractivity contribution >= 4 is 11.7 Å². The highest BCUT2D eigenvalue weighted by Gasteiger charge is 2.21. The lowest BCUT2D eigenvalue weighted by Crippen LogP contribution is -2.38. The van der Waals surface area contributed by atoms with Gasteiger partial charge in [0.1, 0.15) is 0 Å². The molecule has 19 heavy (non-hydrogen) atoms. The molecule has 0 saturated carbocycles. The Morgan fingerprint density at radius 3 is 2.32 bits per heavy atom. The normalized spacial score (nSPS) is 11.2. The van der Waals surface area contributed by atoms with Crippen LogP contribution < -0.4 is 5.32 Å². The Morgan fingerprint density at radius 2 is 1.79 bits per heavy atom. The van der Waals surface area contributed by atoms with Crippen LogP contribution >= 0.6 is 0 Å². The smallest absolute Gasteiger partial charge is 0.292 e. The molecule has 0 aliphatic carbocycles. The summed E-state index contributed by atoms with van der Waals surface area (Å²) in [7, 11) is 0. The molecule has 0 aliphatic rings. The van der Waals surface area contributed by atoms with Crippen LogP contribution in [0.15, 0.2) is 24.3 Å². The van der Waals surface area contributed by atoms with E-state index in [1.54, 1.807) is 24.3 Å². The van der Waals surface area contributed by atoms with Gasteiger partial charge in [-0.3, -0.25) is 9.59 Å². The fourth-order valence-corrected chi connectivity index (χ4v) is 1.63. The van der Waals surface area contributed by atoms with Gasteiger partial charge >= 0.3 is 0 Å². The number of aliphatic hydroxyl groups excluding tert-OH is 1. The molecule has 0 heterocycles. The number of aryl methyl sites for hydroxylation is 1. The van der Waals surface area contributed by atoms with Gasteiger partial charge in [-0.1, -0.05) is 43.7 Å². The Morgan fingerprint density at radius 1 is 1.21 bits per heavy atom. The Balaban J connectivity index is 2.59. The van der Waals surface area contributed by atoms with Crippen molar-refractivity contribution in [1.29, 1.82) is 0 Å². The number of aliphatic hydroxyl groups is 1. The quantitative estimate of drug-likeness (QED) is 0.606. The molecule has 0 atom stereocenters. The van der Waals surface area contributed by atoms with Gasteiger partial charge in [-0.15, -0.1) is 0 Å². The molecule has 0 fully saturated rings. The minimum absolute atomic E-state index is 0.0643.